The number of carbonyl (C=O) groups is 1. The lowest BCUT2D eigenvalue weighted by Crippen LogP contribution is -2.46. The van der Waals surface area contributed by atoms with Crippen molar-refractivity contribution in [1.82, 2.24) is 4.90 Å². The molecule has 1 fully saturated rings. The van der Waals surface area contributed by atoms with Gasteiger partial charge in [-0.2, -0.15) is 0 Å². The zero-order valence-electron chi connectivity index (χ0n) is 13.6. The van der Waals surface area contributed by atoms with Crippen LogP contribution in [0.3, 0.4) is 0 Å². The fourth-order valence-corrected chi connectivity index (χ4v) is 3.87. The third-order valence-corrected chi connectivity index (χ3v) is 5.40. The SMILES string of the molecule is O=C1c2ccccc2N[C@@H](c2cccc(Br)c2O)N1C[C@@H]1CCCO1. The maximum Gasteiger partial charge on any atom is 0.257 e. The van der Waals surface area contributed by atoms with E-state index in [1.54, 1.807) is 11.0 Å². The molecular formula is C19H19BrN2O3. The third kappa shape index (κ3) is 3.00. The van der Waals surface area contributed by atoms with Crippen molar-refractivity contribution in [3.05, 3.63) is 58.1 Å². The molecule has 4 rings (SSSR count). The van der Waals surface area contributed by atoms with Crippen LogP contribution in [0.25, 0.3) is 0 Å². The van der Waals surface area contributed by atoms with Gasteiger partial charge in [-0.15, -0.1) is 0 Å². The number of hydrogen-bond donors (Lipinski definition) is 2. The van der Waals surface area contributed by atoms with Crippen molar-refractivity contribution in [2.75, 3.05) is 18.5 Å². The topological polar surface area (TPSA) is 61.8 Å². The van der Waals surface area contributed by atoms with Gasteiger partial charge in [-0.3, -0.25) is 4.79 Å². The van der Waals surface area contributed by atoms with Crippen molar-refractivity contribution in [1.29, 1.82) is 0 Å². The summed E-state index contributed by atoms with van der Waals surface area (Å²) in [6, 6.07) is 12.9. The molecule has 0 aliphatic carbocycles. The molecule has 0 unspecified atom stereocenters. The number of rotatable bonds is 3. The molecule has 0 radical (unpaired) electrons. The van der Waals surface area contributed by atoms with Gasteiger partial charge in [0.15, 0.2) is 0 Å². The van der Waals surface area contributed by atoms with Crippen molar-refractivity contribution in [2.45, 2.75) is 25.1 Å². The van der Waals surface area contributed by atoms with E-state index in [0.717, 1.165) is 25.1 Å². The van der Waals surface area contributed by atoms with Crippen LogP contribution in [0, 0.1) is 0 Å². The van der Waals surface area contributed by atoms with Crippen LogP contribution in [-0.4, -0.2) is 35.2 Å². The Morgan fingerprint density at radius 2 is 2.08 bits per heavy atom. The van der Waals surface area contributed by atoms with Gasteiger partial charge in [0.2, 0.25) is 0 Å². The van der Waals surface area contributed by atoms with E-state index in [1.165, 1.54) is 0 Å². The van der Waals surface area contributed by atoms with Crippen molar-refractivity contribution in [3.8, 4) is 5.75 Å². The van der Waals surface area contributed by atoms with Gasteiger partial charge in [0, 0.05) is 24.4 Å². The number of benzene rings is 2. The van der Waals surface area contributed by atoms with Crippen LogP contribution in [0.1, 0.15) is 34.9 Å². The number of phenols is 1. The second kappa shape index (κ2) is 6.69. The zero-order chi connectivity index (χ0) is 17.4. The number of carbonyl (C=O) groups excluding carboxylic acids is 1. The smallest absolute Gasteiger partial charge is 0.257 e. The van der Waals surface area contributed by atoms with Gasteiger partial charge >= 0.3 is 0 Å². The predicted octanol–water partition coefficient (Wildman–Crippen LogP) is 3.90. The quantitative estimate of drug-likeness (QED) is 0.816. The van der Waals surface area contributed by atoms with Crippen LogP contribution in [0.5, 0.6) is 5.75 Å². The Labute approximate surface area is 154 Å². The maximum atomic E-state index is 13.1. The first-order valence-electron chi connectivity index (χ1n) is 8.40. The van der Waals surface area contributed by atoms with Crippen LogP contribution >= 0.6 is 15.9 Å². The Balaban J connectivity index is 1.75. The van der Waals surface area contributed by atoms with E-state index in [0.29, 0.717) is 22.1 Å². The van der Waals surface area contributed by atoms with Crippen LogP contribution in [-0.2, 0) is 4.74 Å². The summed E-state index contributed by atoms with van der Waals surface area (Å²) in [5.41, 5.74) is 2.09. The van der Waals surface area contributed by atoms with Gasteiger partial charge in [0.05, 0.1) is 16.1 Å². The number of hydrogen-bond acceptors (Lipinski definition) is 4. The van der Waals surface area contributed by atoms with E-state index in [1.807, 2.05) is 36.4 Å². The largest absolute Gasteiger partial charge is 0.506 e. The molecule has 1 amide bonds. The highest BCUT2D eigenvalue weighted by Gasteiger charge is 2.36. The molecule has 2 atom stereocenters. The summed E-state index contributed by atoms with van der Waals surface area (Å²) in [5.74, 6) is 0.0961. The standard InChI is InChI=1S/C19H19BrN2O3/c20-15-8-3-7-14(17(15)23)18-21-16-9-2-1-6-13(16)19(24)22(18)11-12-5-4-10-25-12/h1-3,6-9,12,18,21,23H,4-5,10-11H2/t12-,18+/m0/s1. The van der Waals surface area contributed by atoms with E-state index in [2.05, 4.69) is 21.2 Å². The highest BCUT2D eigenvalue weighted by Crippen LogP contribution is 2.39. The first kappa shape index (κ1) is 16.4. The molecule has 2 N–H and O–H groups in total. The molecule has 2 aromatic carbocycles. The Morgan fingerprint density at radius 1 is 1.24 bits per heavy atom. The lowest BCUT2D eigenvalue weighted by atomic mass is 10.0. The first-order chi connectivity index (χ1) is 12.1. The molecule has 0 aromatic heterocycles. The summed E-state index contributed by atoms with van der Waals surface area (Å²) >= 11 is 3.36. The summed E-state index contributed by atoms with van der Waals surface area (Å²) in [5, 5.41) is 13.9. The molecule has 25 heavy (non-hydrogen) atoms. The number of ether oxygens (including phenoxy) is 1. The minimum atomic E-state index is -0.441. The summed E-state index contributed by atoms with van der Waals surface area (Å²) in [4.78, 5) is 14.9. The molecule has 1 saturated heterocycles. The Morgan fingerprint density at radius 3 is 2.88 bits per heavy atom. The molecule has 0 bridgehead atoms. The number of phenolic OH excluding ortho intramolecular Hbond substituents is 1. The molecule has 0 spiro atoms. The van der Waals surface area contributed by atoms with Crippen molar-refractivity contribution >= 4 is 27.5 Å². The van der Waals surface area contributed by atoms with Gasteiger partial charge in [-0.05, 0) is 47.0 Å². The summed E-state index contributed by atoms with van der Waals surface area (Å²) in [7, 11) is 0. The summed E-state index contributed by atoms with van der Waals surface area (Å²) in [6.45, 7) is 1.24. The highest BCUT2D eigenvalue weighted by molar-refractivity contribution is 9.10. The van der Waals surface area contributed by atoms with Gasteiger partial charge in [-0.25, -0.2) is 0 Å². The molecule has 2 aromatic rings. The Bertz CT molecular complexity index is 805. The van der Waals surface area contributed by atoms with Crippen LogP contribution < -0.4 is 5.32 Å². The predicted molar refractivity (Wildman–Crippen MR) is 98.6 cm³/mol. The second-order valence-corrected chi connectivity index (χ2v) is 7.22. The number of nitrogens with zero attached hydrogens (tertiary/aromatic N) is 1. The van der Waals surface area contributed by atoms with E-state index in [4.69, 9.17) is 4.74 Å². The summed E-state index contributed by atoms with van der Waals surface area (Å²) < 4.78 is 6.34. The molecule has 0 saturated carbocycles. The molecule has 5 nitrogen and oxygen atoms in total. The van der Waals surface area contributed by atoms with Gasteiger partial charge in [0.1, 0.15) is 11.9 Å². The minimum absolute atomic E-state index is 0.0350. The van der Waals surface area contributed by atoms with Gasteiger partial charge in [-0.1, -0.05) is 24.3 Å². The lowest BCUT2D eigenvalue weighted by molar-refractivity contribution is 0.0424. The normalized spacial score (nSPS) is 22.6. The number of amides is 1. The van der Waals surface area contributed by atoms with Crippen LogP contribution in [0.15, 0.2) is 46.9 Å². The van der Waals surface area contributed by atoms with E-state index in [9.17, 15) is 9.90 Å². The number of anilines is 1. The molecular weight excluding hydrogens is 384 g/mol. The Kier molecular flexibility index (Phi) is 4.39. The zero-order valence-corrected chi connectivity index (χ0v) is 15.2. The minimum Gasteiger partial charge on any atom is -0.506 e. The second-order valence-electron chi connectivity index (χ2n) is 6.36. The molecule has 2 aliphatic heterocycles. The number of nitrogens with one attached hydrogen (secondary N) is 1. The molecule has 2 heterocycles. The number of fused-ring (bicyclic) bond motifs is 1. The number of para-hydroxylation sites is 2. The fraction of sp³-hybridized carbons (Fsp3) is 0.316. The molecule has 6 heteroatoms. The number of halogens is 1. The number of aromatic hydroxyl groups is 1. The van der Waals surface area contributed by atoms with Crippen molar-refractivity contribution in [3.63, 3.8) is 0 Å². The van der Waals surface area contributed by atoms with Crippen molar-refractivity contribution < 1.29 is 14.6 Å². The monoisotopic (exact) mass is 402 g/mol. The van der Waals surface area contributed by atoms with E-state index >= 15 is 0 Å². The Hall–Kier alpha value is -2.05. The van der Waals surface area contributed by atoms with Crippen LogP contribution in [0.2, 0.25) is 0 Å². The van der Waals surface area contributed by atoms with Crippen molar-refractivity contribution in [2.24, 2.45) is 0 Å². The highest BCUT2D eigenvalue weighted by atomic mass is 79.9. The first-order valence-corrected chi connectivity index (χ1v) is 9.20. The molecule has 2 aliphatic rings. The van der Waals surface area contributed by atoms with Gasteiger partial charge < -0.3 is 20.1 Å². The lowest BCUT2D eigenvalue weighted by Gasteiger charge is -2.39. The van der Waals surface area contributed by atoms with Gasteiger partial charge in [0.25, 0.3) is 5.91 Å². The fourth-order valence-electron chi connectivity index (χ4n) is 3.49. The summed E-state index contributed by atoms with van der Waals surface area (Å²) in [6.07, 6.45) is 1.56. The average molecular weight is 403 g/mol. The van der Waals surface area contributed by atoms with E-state index < -0.39 is 6.17 Å². The third-order valence-electron chi connectivity index (χ3n) is 4.76. The van der Waals surface area contributed by atoms with Crippen LogP contribution in [0.4, 0.5) is 5.69 Å². The maximum absolute atomic E-state index is 13.1. The molecule has 130 valence electrons. The average Bonchev–Trinajstić information content (AvgIpc) is 3.13. The van der Waals surface area contributed by atoms with E-state index in [-0.39, 0.29) is 17.8 Å².